The number of rotatable bonds is 13. The van der Waals surface area contributed by atoms with Gasteiger partial charge in [0.05, 0.1) is 17.6 Å². The average Bonchev–Trinajstić information content (AvgIpc) is 3.30. The number of benzene rings is 2. The number of nitrogens with zero attached hydrogens (tertiary/aromatic N) is 1. The molecule has 0 radical (unpaired) electrons. The first-order valence-electron chi connectivity index (χ1n) is 14.2. The lowest BCUT2D eigenvalue weighted by Gasteiger charge is -2.32. The number of esters is 2. The lowest BCUT2D eigenvalue weighted by atomic mass is 9.88. The molecule has 2 aromatic carbocycles. The first-order valence-corrected chi connectivity index (χ1v) is 14.2. The van der Waals surface area contributed by atoms with Gasteiger partial charge in [-0.1, -0.05) is 30.3 Å². The van der Waals surface area contributed by atoms with Crippen LogP contribution in [0.15, 0.2) is 42.5 Å². The van der Waals surface area contributed by atoms with Gasteiger partial charge in [-0.25, -0.2) is 0 Å². The summed E-state index contributed by atoms with van der Waals surface area (Å²) in [7, 11) is 0. The van der Waals surface area contributed by atoms with Gasteiger partial charge in [0.1, 0.15) is 24.5 Å². The molecule has 0 saturated heterocycles. The Balaban J connectivity index is 0.00000588. The number of aryl methyl sites for hydroxylation is 1. The van der Waals surface area contributed by atoms with Crippen LogP contribution in [0.5, 0.6) is 5.75 Å². The first-order chi connectivity index (χ1) is 18.9. The van der Waals surface area contributed by atoms with Crippen molar-refractivity contribution in [1.82, 2.24) is 5.32 Å². The Hall–Kier alpha value is -3.08. The molecule has 2 aromatic rings. The van der Waals surface area contributed by atoms with E-state index in [0.717, 1.165) is 24.8 Å². The van der Waals surface area contributed by atoms with Crippen molar-refractivity contribution in [3.8, 4) is 11.8 Å². The number of hydrogen-bond acceptors (Lipinski definition) is 7. The minimum Gasteiger partial charge on any atom is -0.488 e. The maximum Gasteiger partial charge on any atom is 0.311 e. The van der Waals surface area contributed by atoms with E-state index in [0.29, 0.717) is 36.8 Å². The van der Waals surface area contributed by atoms with Crippen LogP contribution in [0.4, 0.5) is 0 Å². The number of halogens is 1. The summed E-state index contributed by atoms with van der Waals surface area (Å²) in [5.74, 6) is 0.389. The quantitative estimate of drug-likeness (QED) is 0.289. The van der Waals surface area contributed by atoms with Crippen molar-refractivity contribution < 1.29 is 23.8 Å². The molecule has 0 unspecified atom stereocenters. The molecule has 0 aromatic heterocycles. The van der Waals surface area contributed by atoms with E-state index in [4.69, 9.17) is 14.2 Å². The standard InChI is InChI=1S/C33H44N2O5.ClH/c1-7-38-30(36)15-13-23-12-14-27(20-34)29(18-23)39-22-28(40-31(37)32(2,3)4)21-35-33(5,6)19-24-16-25-10-8-9-11-26(25)17-24;/h8-12,14,18,24,28,35H,7,13,15-17,19,21-22H2,1-6H3;1H/t28-;/m1./s1. The van der Waals surface area contributed by atoms with Gasteiger partial charge in [-0.3, -0.25) is 9.59 Å². The molecule has 1 atom stereocenters. The van der Waals surface area contributed by atoms with Crippen LogP contribution in [-0.2, 0) is 38.3 Å². The molecule has 0 bridgehead atoms. The highest BCUT2D eigenvalue weighted by atomic mass is 35.5. The highest BCUT2D eigenvalue weighted by Gasteiger charge is 2.31. The number of fused-ring (bicyclic) bond motifs is 1. The number of ether oxygens (including phenoxy) is 3. The zero-order chi connectivity index (χ0) is 29.3. The molecule has 8 heteroatoms. The fourth-order valence-corrected chi connectivity index (χ4v) is 5.04. The van der Waals surface area contributed by atoms with E-state index in [1.165, 1.54) is 11.1 Å². The zero-order valence-electron chi connectivity index (χ0n) is 25.2. The van der Waals surface area contributed by atoms with Crippen LogP contribution >= 0.6 is 12.4 Å². The van der Waals surface area contributed by atoms with Crippen molar-refractivity contribution >= 4 is 24.3 Å². The van der Waals surface area contributed by atoms with Crippen molar-refractivity contribution in [2.75, 3.05) is 19.8 Å². The van der Waals surface area contributed by atoms with E-state index in [-0.39, 0.29) is 42.9 Å². The van der Waals surface area contributed by atoms with Crippen molar-refractivity contribution in [3.63, 3.8) is 0 Å². The second-order valence-corrected chi connectivity index (χ2v) is 12.3. The predicted molar refractivity (Wildman–Crippen MR) is 162 cm³/mol. The van der Waals surface area contributed by atoms with E-state index in [1.54, 1.807) is 19.1 Å². The van der Waals surface area contributed by atoms with E-state index in [2.05, 4.69) is 49.5 Å². The Kier molecular flexibility index (Phi) is 12.7. The summed E-state index contributed by atoms with van der Waals surface area (Å²) < 4.78 is 17.0. The zero-order valence-corrected chi connectivity index (χ0v) is 26.1. The monoisotopic (exact) mass is 584 g/mol. The van der Waals surface area contributed by atoms with Crippen molar-refractivity contribution in [3.05, 3.63) is 64.7 Å². The molecular weight excluding hydrogens is 540 g/mol. The highest BCUT2D eigenvalue weighted by molar-refractivity contribution is 5.85. The second kappa shape index (κ2) is 15.2. The third-order valence-electron chi connectivity index (χ3n) is 7.14. The van der Waals surface area contributed by atoms with Gasteiger partial charge >= 0.3 is 11.9 Å². The van der Waals surface area contributed by atoms with Crippen LogP contribution in [0.25, 0.3) is 0 Å². The molecule has 3 rings (SSSR count). The summed E-state index contributed by atoms with van der Waals surface area (Å²) >= 11 is 0. The molecule has 41 heavy (non-hydrogen) atoms. The molecular formula is C33H45ClN2O5. The van der Waals surface area contributed by atoms with Gasteiger partial charge in [0.25, 0.3) is 0 Å². The molecule has 0 amide bonds. The van der Waals surface area contributed by atoms with Crippen molar-refractivity contribution in [1.29, 1.82) is 5.26 Å². The van der Waals surface area contributed by atoms with Gasteiger partial charge in [0.15, 0.2) is 0 Å². The van der Waals surface area contributed by atoms with E-state index in [1.807, 2.05) is 26.8 Å². The molecule has 1 aliphatic rings. The summed E-state index contributed by atoms with van der Waals surface area (Å²) in [6.07, 6.45) is 3.32. The van der Waals surface area contributed by atoms with Crippen LogP contribution in [0.1, 0.15) is 76.6 Å². The molecule has 0 aliphatic heterocycles. The van der Waals surface area contributed by atoms with Crippen LogP contribution < -0.4 is 10.1 Å². The molecule has 0 heterocycles. The summed E-state index contributed by atoms with van der Waals surface area (Å²) in [6.45, 7) is 12.5. The predicted octanol–water partition coefficient (Wildman–Crippen LogP) is 5.99. The van der Waals surface area contributed by atoms with Crippen molar-refractivity contribution in [2.45, 2.75) is 85.3 Å². The molecule has 224 valence electrons. The van der Waals surface area contributed by atoms with Gasteiger partial charge < -0.3 is 19.5 Å². The number of carbonyl (C=O) groups excluding carboxylic acids is 2. The summed E-state index contributed by atoms with van der Waals surface area (Å²) in [6, 6.07) is 16.1. The minimum atomic E-state index is -0.659. The minimum absolute atomic E-state index is 0. The van der Waals surface area contributed by atoms with Gasteiger partial charge in [-0.05, 0) is 102 Å². The third kappa shape index (κ3) is 10.7. The number of carbonyl (C=O) groups is 2. The highest BCUT2D eigenvalue weighted by Crippen LogP contribution is 2.32. The van der Waals surface area contributed by atoms with Crippen molar-refractivity contribution in [2.24, 2.45) is 11.3 Å². The molecule has 1 N–H and O–H groups in total. The smallest absolute Gasteiger partial charge is 0.311 e. The number of nitriles is 1. The first kappa shape index (κ1) is 34.1. The molecule has 7 nitrogen and oxygen atoms in total. The summed E-state index contributed by atoms with van der Waals surface area (Å²) in [5.41, 5.74) is 3.29. The summed E-state index contributed by atoms with van der Waals surface area (Å²) in [4.78, 5) is 24.6. The Labute approximate surface area is 251 Å². The van der Waals surface area contributed by atoms with Gasteiger partial charge in [-0.15, -0.1) is 12.4 Å². The molecule has 0 fully saturated rings. The Bertz CT molecular complexity index is 1190. The number of hydrogen-bond donors (Lipinski definition) is 1. The maximum atomic E-state index is 12.8. The molecule has 1 aliphatic carbocycles. The lowest BCUT2D eigenvalue weighted by molar-refractivity contribution is -0.160. The Morgan fingerprint density at radius 1 is 1.07 bits per heavy atom. The average molecular weight is 585 g/mol. The Morgan fingerprint density at radius 2 is 1.73 bits per heavy atom. The number of nitrogens with one attached hydrogen (secondary N) is 1. The molecule has 0 saturated carbocycles. The van der Waals surface area contributed by atoms with Gasteiger partial charge in [0.2, 0.25) is 0 Å². The normalized spacial score (nSPS) is 13.9. The fourth-order valence-electron chi connectivity index (χ4n) is 5.04. The van der Waals surface area contributed by atoms with Crippen LogP contribution in [0, 0.1) is 22.7 Å². The summed E-state index contributed by atoms with van der Waals surface area (Å²) in [5, 5.41) is 13.2. The maximum absolute atomic E-state index is 12.8. The Morgan fingerprint density at radius 3 is 2.32 bits per heavy atom. The van der Waals surface area contributed by atoms with E-state index in [9.17, 15) is 14.9 Å². The van der Waals surface area contributed by atoms with E-state index >= 15 is 0 Å². The SMILES string of the molecule is CCOC(=O)CCc1ccc(C#N)c(OC[C@@H](CNC(C)(C)CC2Cc3ccccc3C2)OC(=O)C(C)(C)C)c1.Cl. The molecule has 0 spiro atoms. The van der Waals surface area contributed by atoms with E-state index < -0.39 is 11.5 Å². The van der Waals surface area contributed by atoms with Crippen LogP contribution in [0.2, 0.25) is 0 Å². The van der Waals surface area contributed by atoms with Crippen LogP contribution in [-0.4, -0.2) is 43.3 Å². The third-order valence-corrected chi connectivity index (χ3v) is 7.14. The fraction of sp³-hybridized carbons (Fsp3) is 0.545. The van der Waals surface area contributed by atoms with Gasteiger partial charge in [0, 0.05) is 18.5 Å². The largest absolute Gasteiger partial charge is 0.488 e. The lowest BCUT2D eigenvalue weighted by Crippen LogP contribution is -2.47. The van der Waals surface area contributed by atoms with Gasteiger partial charge in [-0.2, -0.15) is 5.26 Å². The van der Waals surface area contributed by atoms with Crippen LogP contribution in [0.3, 0.4) is 0 Å². The topological polar surface area (TPSA) is 97.7 Å². The second-order valence-electron chi connectivity index (χ2n) is 12.3.